The highest BCUT2D eigenvalue weighted by atomic mass is 32.2. The molecule has 0 saturated heterocycles. The molecule has 0 unspecified atom stereocenters. The molecular formula is C10H20N2O2S. The Balaban J connectivity index is 2.47. The zero-order valence-corrected chi connectivity index (χ0v) is 10.3. The summed E-state index contributed by atoms with van der Waals surface area (Å²) >= 11 is 0. The Hall–Kier alpha value is -0.710. The van der Waals surface area contributed by atoms with E-state index in [1.807, 2.05) is 18.0 Å². The highest BCUT2D eigenvalue weighted by molar-refractivity contribution is 7.89. The van der Waals surface area contributed by atoms with E-state index in [4.69, 9.17) is 0 Å². The average Bonchev–Trinajstić information content (AvgIpc) is 2.63. The van der Waals surface area contributed by atoms with Crippen LogP contribution in [0.25, 0.3) is 0 Å². The van der Waals surface area contributed by atoms with Crippen molar-refractivity contribution in [2.75, 3.05) is 19.0 Å². The first-order chi connectivity index (χ1) is 7.10. The summed E-state index contributed by atoms with van der Waals surface area (Å²) < 4.78 is 24.8. The van der Waals surface area contributed by atoms with Gasteiger partial charge in [0, 0.05) is 18.9 Å². The zero-order chi connectivity index (χ0) is 11.3. The standard InChI is InChI=1S/C10H20N2O2S/c1-3-5-6-11-7-8-12(10-11)15(13,14)9-4-2/h7-8H,3-6,9-10H2,1-2H3. The van der Waals surface area contributed by atoms with Gasteiger partial charge in [-0.25, -0.2) is 8.42 Å². The summed E-state index contributed by atoms with van der Waals surface area (Å²) in [5.41, 5.74) is 0. The van der Waals surface area contributed by atoms with Gasteiger partial charge in [-0.3, -0.25) is 4.31 Å². The predicted molar refractivity (Wildman–Crippen MR) is 61.5 cm³/mol. The number of unbranched alkanes of at least 4 members (excludes halogenated alkanes) is 1. The molecule has 0 N–H and O–H groups in total. The van der Waals surface area contributed by atoms with Gasteiger partial charge < -0.3 is 4.90 Å². The smallest absolute Gasteiger partial charge is 0.236 e. The van der Waals surface area contributed by atoms with Gasteiger partial charge in [-0.05, 0) is 12.8 Å². The second kappa shape index (κ2) is 5.39. The largest absolute Gasteiger partial charge is 0.358 e. The quantitative estimate of drug-likeness (QED) is 0.698. The number of hydrogen-bond acceptors (Lipinski definition) is 3. The Morgan fingerprint density at radius 1 is 1.20 bits per heavy atom. The highest BCUT2D eigenvalue weighted by Gasteiger charge is 2.22. The molecule has 0 aliphatic carbocycles. The van der Waals surface area contributed by atoms with Gasteiger partial charge in [0.15, 0.2) is 0 Å². The summed E-state index contributed by atoms with van der Waals surface area (Å²) in [4.78, 5) is 2.04. The first kappa shape index (κ1) is 12.4. The molecule has 0 atom stereocenters. The van der Waals surface area contributed by atoms with E-state index in [1.165, 1.54) is 4.31 Å². The molecule has 0 spiro atoms. The second-order valence-electron chi connectivity index (χ2n) is 3.81. The van der Waals surface area contributed by atoms with Crippen molar-refractivity contribution in [1.82, 2.24) is 9.21 Å². The molecule has 0 aromatic heterocycles. The third-order valence-electron chi connectivity index (χ3n) is 2.38. The van der Waals surface area contributed by atoms with Crippen LogP contribution in [0.5, 0.6) is 0 Å². The SMILES string of the molecule is CCCCN1C=CN(S(=O)(=O)CCC)C1. The molecule has 1 aliphatic heterocycles. The maximum absolute atomic E-state index is 11.7. The van der Waals surface area contributed by atoms with Crippen LogP contribution in [-0.4, -0.2) is 36.6 Å². The second-order valence-corrected chi connectivity index (χ2v) is 5.85. The van der Waals surface area contributed by atoms with Crippen molar-refractivity contribution in [2.45, 2.75) is 33.1 Å². The Kier molecular flexibility index (Phi) is 4.45. The fourth-order valence-corrected chi connectivity index (χ4v) is 2.82. The molecule has 15 heavy (non-hydrogen) atoms. The summed E-state index contributed by atoms with van der Waals surface area (Å²) in [6.07, 6.45) is 6.43. The highest BCUT2D eigenvalue weighted by Crippen LogP contribution is 2.13. The van der Waals surface area contributed by atoms with Gasteiger partial charge in [0.1, 0.15) is 6.67 Å². The summed E-state index contributed by atoms with van der Waals surface area (Å²) in [7, 11) is -3.06. The van der Waals surface area contributed by atoms with Gasteiger partial charge in [0.25, 0.3) is 0 Å². The van der Waals surface area contributed by atoms with Gasteiger partial charge >= 0.3 is 0 Å². The van der Waals surface area contributed by atoms with E-state index in [-0.39, 0.29) is 5.75 Å². The van der Waals surface area contributed by atoms with E-state index in [9.17, 15) is 8.42 Å². The van der Waals surface area contributed by atoms with Crippen LogP contribution in [0.15, 0.2) is 12.4 Å². The van der Waals surface area contributed by atoms with E-state index >= 15 is 0 Å². The summed E-state index contributed by atoms with van der Waals surface area (Å²) in [5.74, 6) is 0.235. The molecule has 0 fully saturated rings. The zero-order valence-electron chi connectivity index (χ0n) is 9.52. The lowest BCUT2D eigenvalue weighted by Gasteiger charge is -2.20. The molecule has 0 amide bonds. The molecule has 1 aliphatic rings. The Bertz CT molecular complexity index is 311. The normalized spacial score (nSPS) is 16.4. The first-order valence-corrected chi connectivity index (χ1v) is 7.13. The van der Waals surface area contributed by atoms with Gasteiger partial charge in [-0.15, -0.1) is 0 Å². The molecule has 88 valence electrons. The Labute approximate surface area is 92.6 Å². The summed E-state index contributed by atoms with van der Waals surface area (Å²) in [5, 5.41) is 0. The van der Waals surface area contributed by atoms with Crippen LogP contribution in [0.4, 0.5) is 0 Å². The lowest BCUT2D eigenvalue weighted by atomic mass is 10.3. The average molecular weight is 232 g/mol. The summed E-state index contributed by atoms with van der Waals surface area (Å²) in [6.45, 7) is 5.44. The molecule has 0 radical (unpaired) electrons. The van der Waals surface area contributed by atoms with Crippen molar-refractivity contribution in [1.29, 1.82) is 0 Å². The Morgan fingerprint density at radius 2 is 1.93 bits per heavy atom. The van der Waals surface area contributed by atoms with Crippen LogP contribution in [0.2, 0.25) is 0 Å². The fraction of sp³-hybridized carbons (Fsp3) is 0.800. The van der Waals surface area contributed by atoms with Crippen molar-refractivity contribution in [3.63, 3.8) is 0 Å². The molecule has 0 aromatic rings. The molecule has 4 nitrogen and oxygen atoms in total. The number of nitrogens with zero attached hydrogens (tertiary/aromatic N) is 2. The maximum Gasteiger partial charge on any atom is 0.236 e. The van der Waals surface area contributed by atoms with Crippen LogP contribution >= 0.6 is 0 Å². The van der Waals surface area contributed by atoms with Gasteiger partial charge in [-0.1, -0.05) is 20.3 Å². The van der Waals surface area contributed by atoms with Gasteiger partial charge in [0.05, 0.1) is 5.75 Å². The van der Waals surface area contributed by atoms with Crippen LogP contribution < -0.4 is 0 Å². The molecule has 0 saturated carbocycles. The van der Waals surface area contributed by atoms with Crippen molar-refractivity contribution in [2.24, 2.45) is 0 Å². The molecule has 1 heterocycles. The molecule has 5 heteroatoms. The van der Waals surface area contributed by atoms with Crippen molar-refractivity contribution >= 4 is 10.0 Å². The third-order valence-corrected chi connectivity index (χ3v) is 4.26. The Morgan fingerprint density at radius 3 is 2.53 bits per heavy atom. The predicted octanol–water partition coefficient (Wildman–Crippen LogP) is 1.57. The maximum atomic E-state index is 11.7. The number of sulfonamides is 1. The minimum Gasteiger partial charge on any atom is -0.358 e. The van der Waals surface area contributed by atoms with Crippen molar-refractivity contribution < 1.29 is 8.42 Å². The molecular weight excluding hydrogens is 212 g/mol. The molecule has 0 aromatic carbocycles. The van der Waals surface area contributed by atoms with E-state index in [0.29, 0.717) is 13.1 Å². The fourth-order valence-electron chi connectivity index (χ4n) is 1.50. The molecule has 0 bridgehead atoms. The van der Waals surface area contributed by atoms with Gasteiger partial charge in [0.2, 0.25) is 10.0 Å². The van der Waals surface area contributed by atoms with Crippen LogP contribution in [0, 0.1) is 0 Å². The summed E-state index contributed by atoms with van der Waals surface area (Å²) in [6, 6.07) is 0. The van der Waals surface area contributed by atoms with Crippen LogP contribution in [-0.2, 0) is 10.0 Å². The number of hydrogen-bond donors (Lipinski definition) is 0. The van der Waals surface area contributed by atoms with E-state index in [1.54, 1.807) is 6.20 Å². The third kappa shape index (κ3) is 3.41. The minimum atomic E-state index is -3.06. The topological polar surface area (TPSA) is 40.6 Å². The lowest BCUT2D eigenvalue weighted by Crippen LogP contribution is -2.32. The minimum absolute atomic E-state index is 0.235. The van der Waals surface area contributed by atoms with E-state index < -0.39 is 10.0 Å². The lowest BCUT2D eigenvalue weighted by molar-refractivity contribution is 0.328. The first-order valence-electron chi connectivity index (χ1n) is 5.52. The van der Waals surface area contributed by atoms with Crippen LogP contribution in [0.3, 0.4) is 0 Å². The van der Waals surface area contributed by atoms with E-state index in [0.717, 1.165) is 19.4 Å². The molecule has 1 rings (SSSR count). The van der Waals surface area contributed by atoms with Gasteiger partial charge in [-0.2, -0.15) is 0 Å². The monoisotopic (exact) mass is 232 g/mol. The van der Waals surface area contributed by atoms with E-state index in [2.05, 4.69) is 6.92 Å². The van der Waals surface area contributed by atoms with Crippen LogP contribution in [0.1, 0.15) is 33.1 Å². The number of rotatable bonds is 6. The van der Waals surface area contributed by atoms with Crippen molar-refractivity contribution in [3.05, 3.63) is 12.4 Å². The van der Waals surface area contributed by atoms with Crippen molar-refractivity contribution in [3.8, 4) is 0 Å².